The SMILES string of the molecule is COc1ccc(CCNC(=O)C(=NI)c2ccc(Cl)cc2)cc1OC. The highest BCUT2D eigenvalue weighted by Crippen LogP contribution is 2.27. The molecule has 0 spiro atoms. The summed E-state index contributed by atoms with van der Waals surface area (Å²) in [6.45, 7) is 0.484. The summed E-state index contributed by atoms with van der Waals surface area (Å²) in [5.74, 6) is 1.12. The molecule has 5 nitrogen and oxygen atoms in total. The van der Waals surface area contributed by atoms with E-state index in [4.69, 9.17) is 21.1 Å². The molecule has 0 aliphatic heterocycles. The predicted octanol–water partition coefficient (Wildman–Crippen LogP) is 3.86. The molecule has 1 N–H and O–H groups in total. The zero-order chi connectivity index (χ0) is 18.2. The summed E-state index contributed by atoms with van der Waals surface area (Å²) in [5.41, 5.74) is 2.13. The molecule has 2 rings (SSSR count). The molecule has 1 amide bonds. The number of hydrogen-bond acceptors (Lipinski definition) is 4. The van der Waals surface area contributed by atoms with Crippen LogP contribution in [0.15, 0.2) is 45.7 Å². The maximum Gasteiger partial charge on any atom is 0.271 e. The molecule has 0 bridgehead atoms. The third-order valence-electron chi connectivity index (χ3n) is 3.56. The van der Waals surface area contributed by atoms with E-state index in [0.717, 1.165) is 11.1 Å². The van der Waals surface area contributed by atoms with Gasteiger partial charge in [0.15, 0.2) is 11.5 Å². The number of rotatable bonds is 7. The standard InChI is InChI=1S/C18H18ClIN2O3/c1-24-15-8-3-12(11-16(15)25-2)9-10-21-18(23)17(22-20)13-4-6-14(19)7-5-13/h3-8,11H,9-10H2,1-2H3,(H,21,23). The fourth-order valence-electron chi connectivity index (χ4n) is 2.27. The lowest BCUT2D eigenvalue weighted by Crippen LogP contribution is -2.32. The summed E-state index contributed by atoms with van der Waals surface area (Å²) in [6, 6.07) is 12.7. The van der Waals surface area contributed by atoms with Gasteiger partial charge in [0.05, 0.1) is 37.1 Å². The molecule has 0 aliphatic carbocycles. The molecule has 0 atom stereocenters. The maximum atomic E-state index is 12.3. The lowest BCUT2D eigenvalue weighted by molar-refractivity contribution is -0.114. The maximum absolute atomic E-state index is 12.3. The molecule has 25 heavy (non-hydrogen) atoms. The molecule has 0 heterocycles. The molecule has 7 heteroatoms. The van der Waals surface area contributed by atoms with Gasteiger partial charge in [-0.15, -0.1) is 0 Å². The van der Waals surface area contributed by atoms with Crippen LogP contribution in [0.4, 0.5) is 0 Å². The van der Waals surface area contributed by atoms with Crippen LogP contribution in [0.3, 0.4) is 0 Å². The summed E-state index contributed by atoms with van der Waals surface area (Å²) in [6.07, 6.45) is 0.668. The molecule has 132 valence electrons. The number of carbonyl (C=O) groups is 1. The molecule has 0 aromatic heterocycles. The number of benzene rings is 2. The van der Waals surface area contributed by atoms with Gasteiger partial charge in [0.1, 0.15) is 5.71 Å². The normalized spacial score (nSPS) is 11.1. The number of nitrogens with one attached hydrogen (secondary N) is 1. The van der Waals surface area contributed by atoms with Crippen molar-refractivity contribution in [3.05, 3.63) is 58.6 Å². The Balaban J connectivity index is 1.96. The Morgan fingerprint density at radius 2 is 1.80 bits per heavy atom. The highest BCUT2D eigenvalue weighted by atomic mass is 127. The topological polar surface area (TPSA) is 59.9 Å². The Bertz CT molecular complexity index is 763. The molecule has 0 saturated carbocycles. The van der Waals surface area contributed by atoms with E-state index in [9.17, 15) is 4.79 Å². The van der Waals surface area contributed by atoms with Crippen molar-refractivity contribution in [3.63, 3.8) is 0 Å². The van der Waals surface area contributed by atoms with E-state index >= 15 is 0 Å². The van der Waals surface area contributed by atoms with E-state index < -0.39 is 0 Å². The second kappa shape index (κ2) is 9.62. The van der Waals surface area contributed by atoms with Crippen molar-refractivity contribution in [1.82, 2.24) is 5.32 Å². The van der Waals surface area contributed by atoms with Crippen molar-refractivity contribution in [3.8, 4) is 11.5 Å². The third-order valence-corrected chi connectivity index (χ3v) is 4.30. The Labute approximate surface area is 165 Å². The summed E-state index contributed by atoms with van der Waals surface area (Å²) < 4.78 is 14.6. The van der Waals surface area contributed by atoms with Gasteiger partial charge in [0.2, 0.25) is 0 Å². The minimum atomic E-state index is -0.225. The van der Waals surface area contributed by atoms with Crippen molar-refractivity contribution in [1.29, 1.82) is 0 Å². The van der Waals surface area contributed by atoms with Crippen molar-refractivity contribution in [2.75, 3.05) is 20.8 Å². The van der Waals surface area contributed by atoms with E-state index in [1.807, 2.05) is 41.1 Å². The van der Waals surface area contributed by atoms with E-state index in [2.05, 4.69) is 8.52 Å². The fraction of sp³-hybridized carbons (Fsp3) is 0.222. The van der Waals surface area contributed by atoms with Gasteiger partial charge in [0, 0.05) is 17.1 Å². The van der Waals surface area contributed by atoms with Gasteiger partial charge in [-0.05, 0) is 36.2 Å². The van der Waals surface area contributed by atoms with E-state index in [-0.39, 0.29) is 5.91 Å². The van der Waals surface area contributed by atoms with Gasteiger partial charge in [-0.3, -0.25) is 4.79 Å². The molecule has 0 saturated heterocycles. The van der Waals surface area contributed by atoms with Crippen LogP contribution in [0.25, 0.3) is 0 Å². The lowest BCUT2D eigenvalue weighted by atomic mass is 10.1. The zero-order valence-electron chi connectivity index (χ0n) is 13.9. The quantitative estimate of drug-likeness (QED) is 0.492. The number of ether oxygens (including phenoxy) is 2. The zero-order valence-corrected chi connectivity index (χ0v) is 16.8. The Hall–Kier alpha value is -1.80. The Morgan fingerprint density at radius 3 is 2.40 bits per heavy atom. The third kappa shape index (κ3) is 5.34. The molecule has 0 fully saturated rings. The molecule has 0 aliphatic rings. The Morgan fingerprint density at radius 1 is 1.12 bits per heavy atom. The number of methoxy groups -OCH3 is 2. The summed E-state index contributed by atoms with van der Waals surface area (Å²) in [4.78, 5) is 12.3. The van der Waals surface area contributed by atoms with Gasteiger partial charge in [-0.1, -0.05) is 29.8 Å². The first kappa shape index (κ1) is 19.5. The number of halogens is 2. The first-order chi connectivity index (χ1) is 12.1. The molecule has 2 aromatic rings. The smallest absolute Gasteiger partial charge is 0.271 e. The van der Waals surface area contributed by atoms with Crippen LogP contribution < -0.4 is 14.8 Å². The van der Waals surface area contributed by atoms with Gasteiger partial charge in [0.25, 0.3) is 5.91 Å². The van der Waals surface area contributed by atoms with E-state index in [1.54, 1.807) is 38.5 Å². The average Bonchev–Trinajstić information content (AvgIpc) is 2.63. The summed E-state index contributed by atoms with van der Waals surface area (Å²) in [5, 5.41) is 3.50. The van der Waals surface area contributed by atoms with Crippen LogP contribution in [0.1, 0.15) is 11.1 Å². The summed E-state index contributed by atoms with van der Waals surface area (Å²) in [7, 11) is 3.19. The fourth-order valence-corrected chi connectivity index (χ4v) is 2.89. The van der Waals surface area contributed by atoms with Gasteiger partial charge in [-0.2, -0.15) is 0 Å². The van der Waals surface area contributed by atoms with E-state index in [0.29, 0.717) is 35.2 Å². The van der Waals surface area contributed by atoms with Gasteiger partial charge in [-0.25, -0.2) is 3.21 Å². The minimum Gasteiger partial charge on any atom is -0.493 e. The first-order valence-electron chi connectivity index (χ1n) is 7.53. The van der Waals surface area contributed by atoms with Crippen molar-refractivity contribution in [2.45, 2.75) is 6.42 Å². The van der Waals surface area contributed by atoms with Gasteiger partial charge >= 0.3 is 0 Å². The number of nitrogens with zero attached hydrogens (tertiary/aromatic N) is 1. The Kier molecular flexibility index (Phi) is 7.52. The second-order valence-corrected chi connectivity index (χ2v) is 6.05. The monoisotopic (exact) mass is 472 g/mol. The number of carbonyl (C=O) groups excluding carboxylic acids is 1. The molecular weight excluding hydrogens is 455 g/mol. The van der Waals surface area contributed by atoms with Crippen LogP contribution in [0, 0.1) is 0 Å². The molecule has 0 radical (unpaired) electrons. The van der Waals surface area contributed by atoms with Crippen LogP contribution >= 0.6 is 34.5 Å². The summed E-state index contributed by atoms with van der Waals surface area (Å²) >= 11 is 7.70. The predicted molar refractivity (Wildman–Crippen MR) is 108 cm³/mol. The lowest BCUT2D eigenvalue weighted by Gasteiger charge is -2.10. The molecular formula is C18H18ClIN2O3. The molecule has 0 unspecified atom stereocenters. The van der Waals surface area contributed by atoms with Crippen molar-refractivity contribution < 1.29 is 14.3 Å². The highest BCUT2D eigenvalue weighted by molar-refractivity contribution is 14.1. The number of hydrogen-bond donors (Lipinski definition) is 1. The van der Waals surface area contributed by atoms with Crippen LogP contribution in [0.2, 0.25) is 5.02 Å². The molecule has 2 aromatic carbocycles. The highest BCUT2D eigenvalue weighted by Gasteiger charge is 2.13. The van der Waals surface area contributed by atoms with Crippen molar-refractivity contribution in [2.24, 2.45) is 3.21 Å². The van der Waals surface area contributed by atoms with Crippen LogP contribution in [-0.2, 0) is 11.2 Å². The van der Waals surface area contributed by atoms with Crippen LogP contribution in [-0.4, -0.2) is 32.4 Å². The average molecular weight is 473 g/mol. The van der Waals surface area contributed by atoms with Crippen molar-refractivity contribution >= 4 is 46.1 Å². The second-order valence-electron chi connectivity index (χ2n) is 5.14. The van der Waals surface area contributed by atoms with E-state index in [1.165, 1.54) is 0 Å². The largest absolute Gasteiger partial charge is 0.493 e. The van der Waals surface area contributed by atoms with Gasteiger partial charge < -0.3 is 14.8 Å². The minimum absolute atomic E-state index is 0.225. The number of amides is 1. The van der Waals surface area contributed by atoms with Crippen LogP contribution in [0.5, 0.6) is 11.5 Å². The first-order valence-corrected chi connectivity index (χ1v) is 8.87.